The summed E-state index contributed by atoms with van der Waals surface area (Å²) < 4.78 is 32.1. The van der Waals surface area contributed by atoms with Gasteiger partial charge in [0.15, 0.2) is 5.65 Å². The van der Waals surface area contributed by atoms with E-state index in [4.69, 9.17) is 4.74 Å². The summed E-state index contributed by atoms with van der Waals surface area (Å²) >= 11 is 0. The summed E-state index contributed by atoms with van der Waals surface area (Å²) in [4.78, 5) is 47.0. The van der Waals surface area contributed by atoms with Crippen LogP contribution in [-0.2, 0) is 19.6 Å². The Morgan fingerprint density at radius 2 is 1.74 bits per heavy atom. The second-order valence-electron chi connectivity index (χ2n) is 7.68. The minimum atomic E-state index is -3.67. The number of imidazole rings is 1. The first-order chi connectivity index (χ1) is 16.3. The molecule has 0 bridgehead atoms. The van der Waals surface area contributed by atoms with Gasteiger partial charge in [0, 0.05) is 39.0 Å². The molecule has 1 saturated heterocycles. The van der Waals surface area contributed by atoms with Crippen molar-refractivity contribution in [1.29, 1.82) is 0 Å². The smallest absolute Gasteiger partial charge is 0.325 e. The van der Waals surface area contributed by atoms with Crippen LogP contribution in [0.4, 0.5) is 5.82 Å². The molecule has 3 heterocycles. The molecule has 180 valence electrons. The lowest BCUT2D eigenvalue weighted by molar-refractivity contribution is -0.133. The molecule has 1 fully saturated rings. The van der Waals surface area contributed by atoms with Gasteiger partial charge in [0.25, 0.3) is 0 Å². The number of nitrogens with one attached hydrogen (secondary N) is 3. The maximum absolute atomic E-state index is 12.8. The molecule has 0 unspecified atom stereocenters. The van der Waals surface area contributed by atoms with Crippen molar-refractivity contribution in [2.75, 3.05) is 38.6 Å². The number of carbonyl (C=O) groups is 2. The van der Waals surface area contributed by atoms with Crippen LogP contribution in [0.2, 0.25) is 0 Å². The van der Waals surface area contributed by atoms with Crippen molar-refractivity contribution in [1.82, 2.24) is 24.2 Å². The molecule has 1 aliphatic rings. The number of anilines is 1. The molecule has 34 heavy (non-hydrogen) atoms. The lowest BCUT2D eigenvalue weighted by atomic mass is 10.2. The van der Waals surface area contributed by atoms with E-state index in [1.165, 1.54) is 23.5 Å². The number of benzene rings is 1. The van der Waals surface area contributed by atoms with Gasteiger partial charge in [-0.15, -0.1) is 0 Å². The number of piperazine rings is 1. The first-order valence-electron chi connectivity index (χ1n) is 10.6. The third-order valence-corrected chi connectivity index (χ3v) is 7.41. The topological polar surface area (TPSA) is 158 Å². The molecule has 2 amide bonds. The van der Waals surface area contributed by atoms with Crippen LogP contribution in [0.1, 0.15) is 12.8 Å². The van der Waals surface area contributed by atoms with E-state index >= 15 is 0 Å². The van der Waals surface area contributed by atoms with Gasteiger partial charge >= 0.3 is 5.69 Å². The molecule has 2 aromatic heterocycles. The van der Waals surface area contributed by atoms with Gasteiger partial charge in [-0.3, -0.25) is 14.6 Å². The fourth-order valence-electron chi connectivity index (χ4n) is 3.64. The van der Waals surface area contributed by atoms with E-state index in [2.05, 4.69) is 20.3 Å². The molecule has 0 radical (unpaired) electrons. The highest BCUT2D eigenvalue weighted by Gasteiger charge is 2.30. The fraction of sp³-hybridized carbons (Fsp3) is 0.333. The lowest BCUT2D eigenvalue weighted by Crippen LogP contribution is -2.50. The van der Waals surface area contributed by atoms with Crippen LogP contribution >= 0.6 is 0 Å². The van der Waals surface area contributed by atoms with Crippen molar-refractivity contribution in [2.45, 2.75) is 17.7 Å². The molecule has 3 N–H and O–H groups in total. The van der Waals surface area contributed by atoms with Gasteiger partial charge in [-0.25, -0.2) is 18.2 Å². The summed E-state index contributed by atoms with van der Waals surface area (Å²) in [6, 6.07) is 9.32. The number of fused-ring (bicyclic) bond motifs is 1. The van der Waals surface area contributed by atoms with Crippen molar-refractivity contribution in [3.8, 4) is 5.75 Å². The van der Waals surface area contributed by atoms with Crippen molar-refractivity contribution in [3.63, 3.8) is 0 Å². The number of methoxy groups -OCH3 is 1. The molecule has 1 aromatic carbocycles. The Morgan fingerprint density at radius 1 is 1.03 bits per heavy atom. The zero-order valence-electron chi connectivity index (χ0n) is 18.4. The molecule has 0 aliphatic carbocycles. The van der Waals surface area contributed by atoms with Crippen LogP contribution in [0.25, 0.3) is 11.2 Å². The Kier molecular flexibility index (Phi) is 6.65. The highest BCUT2D eigenvalue weighted by Crippen LogP contribution is 2.21. The number of hydrogen-bond acceptors (Lipinski definition) is 7. The molecule has 13 heteroatoms. The second kappa shape index (κ2) is 9.65. The van der Waals surface area contributed by atoms with Crippen LogP contribution in [0.15, 0.2) is 46.1 Å². The third kappa shape index (κ3) is 5.10. The normalized spacial score (nSPS) is 14.8. The monoisotopic (exact) mass is 488 g/mol. The van der Waals surface area contributed by atoms with Gasteiger partial charge in [0.05, 0.1) is 17.5 Å². The van der Waals surface area contributed by atoms with Gasteiger partial charge in [-0.05, 0) is 36.4 Å². The van der Waals surface area contributed by atoms with Crippen LogP contribution < -0.4 is 15.7 Å². The van der Waals surface area contributed by atoms with E-state index < -0.39 is 15.7 Å². The summed E-state index contributed by atoms with van der Waals surface area (Å²) in [5.74, 6) is 0.209. The number of aromatic nitrogens is 3. The maximum atomic E-state index is 12.8. The Labute approximate surface area is 195 Å². The fourth-order valence-corrected chi connectivity index (χ4v) is 5.07. The predicted octanol–water partition coefficient (Wildman–Crippen LogP) is 0.512. The Balaban J connectivity index is 1.26. The van der Waals surface area contributed by atoms with Crippen molar-refractivity contribution in [2.24, 2.45) is 0 Å². The van der Waals surface area contributed by atoms with Crippen LogP contribution in [0.3, 0.4) is 0 Å². The summed E-state index contributed by atoms with van der Waals surface area (Å²) in [7, 11) is -2.16. The largest absolute Gasteiger partial charge is 0.497 e. The summed E-state index contributed by atoms with van der Waals surface area (Å²) in [6.07, 6.45) is -0.0626. The highest BCUT2D eigenvalue weighted by molar-refractivity contribution is 7.89. The van der Waals surface area contributed by atoms with Crippen LogP contribution in [0.5, 0.6) is 5.75 Å². The number of carbonyl (C=O) groups excluding carboxylic acids is 2. The second-order valence-corrected chi connectivity index (χ2v) is 9.62. The summed E-state index contributed by atoms with van der Waals surface area (Å²) in [5, 5.41) is 2.60. The number of nitrogens with zero attached hydrogens (tertiary/aromatic N) is 3. The molecular weight excluding hydrogens is 464 g/mol. The van der Waals surface area contributed by atoms with Crippen molar-refractivity contribution >= 4 is 38.8 Å². The minimum Gasteiger partial charge on any atom is -0.497 e. The first kappa shape index (κ1) is 23.4. The standard InChI is InChI=1S/C21H24N6O6S/c1-33-14-2-4-15(5-3-14)34(31,32)27-12-10-26(11-13-27)19(29)9-8-18(28)23-17-7-6-16-20(24-17)25-21(30)22-16/h2-7H,8-13H2,1H3,(H3,22,23,24,25,28,30). The third-order valence-electron chi connectivity index (χ3n) is 5.50. The van der Waals surface area contributed by atoms with E-state index in [0.717, 1.165) is 0 Å². The number of pyridine rings is 1. The minimum absolute atomic E-state index is 0.0136. The lowest BCUT2D eigenvalue weighted by Gasteiger charge is -2.34. The Hall–Kier alpha value is -3.71. The SMILES string of the molecule is COc1ccc(S(=O)(=O)N2CCN(C(=O)CCC(=O)Nc3ccc4[nH]c(=O)[nH]c4n3)CC2)cc1. The number of amides is 2. The molecule has 1 aliphatic heterocycles. The van der Waals surface area contributed by atoms with Gasteiger partial charge in [0.2, 0.25) is 21.8 Å². The van der Waals surface area contributed by atoms with E-state index in [1.54, 1.807) is 29.2 Å². The van der Waals surface area contributed by atoms with Gasteiger partial charge < -0.3 is 19.9 Å². The van der Waals surface area contributed by atoms with E-state index in [9.17, 15) is 22.8 Å². The zero-order chi connectivity index (χ0) is 24.3. The van der Waals surface area contributed by atoms with E-state index in [-0.39, 0.29) is 61.5 Å². The number of hydrogen-bond donors (Lipinski definition) is 3. The van der Waals surface area contributed by atoms with E-state index in [0.29, 0.717) is 16.9 Å². The van der Waals surface area contributed by atoms with Crippen LogP contribution in [-0.4, -0.2) is 77.7 Å². The first-order valence-corrected chi connectivity index (χ1v) is 12.0. The van der Waals surface area contributed by atoms with E-state index in [1.807, 2.05) is 0 Å². The Bertz CT molecular complexity index is 1360. The summed E-state index contributed by atoms with van der Waals surface area (Å²) in [5.41, 5.74) is 0.445. The molecule has 12 nitrogen and oxygen atoms in total. The van der Waals surface area contributed by atoms with Crippen LogP contribution in [0, 0.1) is 0 Å². The van der Waals surface area contributed by atoms with Gasteiger partial charge in [0.1, 0.15) is 11.6 Å². The zero-order valence-corrected chi connectivity index (χ0v) is 19.2. The molecule has 0 spiro atoms. The number of ether oxygens (including phenoxy) is 1. The number of aromatic amines is 2. The number of rotatable bonds is 7. The van der Waals surface area contributed by atoms with Crippen molar-refractivity contribution < 1.29 is 22.7 Å². The van der Waals surface area contributed by atoms with Crippen molar-refractivity contribution in [3.05, 3.63) is 46.9 Å². The molecule has 0 saturated carbocycles. The van der Waals surface area contributed by atoms with Gasteiger partial charge in [-0.1, -0.05) is 0 Å². The summed E-state index contributed by atoms with van der Waals surface area (Å²) in [6.45, 7) is 0.833. The number of H-pyrrole nitrogens is 2. The molecule has 3 aromatic rings. The molecule has 0 atom stereocenters. The highest BCUT2D eigenvalue weighted by atomic mass is 32.2. The molecule has 4 rings (SSSR count). The predicted molar refractivity (Wildman–Crippen MR) is 123 cm³/mol. The van der Waals surface area contributed by atoms with Gasteiger partial charge in [-0.2, -0.15) is 4.31 Å². The maximum Gasteiger partial charge on any atom is 0.325 e. The number of sulfonamides is 1. The quantitative estimate of drug-likeness (QED) is 0.437. The average Bonchev–Trinajstić information content (AvgIpc) is 3.22. The Morgan fingerprint density at radius 3 is 2.41 bits per heavy atom. The average molecular weight is 489 g/mol. The molecular formula is C21H24N6O6S.